The predicted molar refractivity (Wildman–Crippen MR) is 108 cm³/mol. The average molecular weight is 408 g/mol. The maximum atomic E-state index is 14.0. The zero-order valence-corrected chi connectivity index (χ0v) is 17.0. The standard InChI is InChI=1S/C22H27ClFNO3/c1-21(24)9-11-22(27,12-10-21)8-7-18(26)15-14-25(19-6-3-13-28-19)17-5-2-4-16(23)20(15)17/h2,4-5,14,19,27H,3,6-13H2,1H3. The van der Waals surface area contributed by atoms with E-state index < -0.39 is 11.3 Å². The van der Waals surface area contributed by atoms with E-state index in [1.54, 1.807) is 13.0 Å². The van der Waals surface area contributed by atoms with Crippen molar-refractivity contribution in [3.63, 3.8) is 0 Å². The maximum absolute atomic E-state index is 14.0. The number of ether oxygens (including phenoxy) is 1. The summed E-state index contributed by atoms with van der Waals surface area (Å²) >= 11 is 6.44. The minimum atomic E-state index is -1.21. The molecule has 6 heteroatoms. The Morgan fingerprint density at radius 3 is 2.79 bits per heavy atom. The molecule has 1 N–H and O–H groups in total. The van der Waals surface area contributed by atoms with Crippen LogP contribution >= 0.6 is 11.6 Å². The van der Waals surface area contributed by atoms with Gasteiger partial charge in [0, 0.05) is 30.2 Å². The van der Waals surface area contributed by atoms with Crippen molar-refractivity contribution in [1.29, 1.82) is 0 Å². The molecule has 1 saturated carbocycles. The van der Waals surface area contributed by atoms with Gasteiger partial charge in [0.05, 0.1) is 16.1 Å². The van der Waals surface area contributed by atoms with E-state index >= 15 is 0 Å². The molecule has 1 atom stereocenters. The van der Waals surface area contributed by atoms with E-state index in [1.807, 2.05) is 22.9 Å². The van der Waals surface area contributed by atoms with E-state index in [9.17, 15) is 14.3 Å². The fourth-order valence-electron chi connectivity index (χ4n) is 4.46. The van der Waals surface area contributed by atoms with Gasteiger partial charge in [0.25, 0.3) is 0 Å². The first-order valence-corrected chi connectivity index (χ1v) is 10.5. The molecule has 4 rings (SSSR count). The van der Waals surface area contributed by atoms with Crippen molar-refractivity contribution in [2.75, 3.05) is 6.61 Å². The van der Waals surface area contributed by atoms with Crippen LogP contribution in [0.3, 0.4) is 0 Å². The molecule has 1 aliphatic heterocycles. The number of fused-ring (bicyclic) bond motifs is 1. The number of carbonyl (C=O) groups is 1. The van der Waals surface area contributed by atoms with Gasteiger partial charge in [-0.25, -0.2) is 4.39 Å². The van der Waals surface area contributed by atoms with Crippen LogP contribution in [0.15, 0.2) is 24.4 Å². The highest BCUT2D eigenvalue weighted by Crippen LogP contribution is 2.40. The fraction of sp³-hybridized carbons (Fsp3) is 0.591. The van der Waals surface area contributed by atoms with Gasteiger partial charge in [-0.3, -0.25) is 4.79 Å². The van der Waals surface area contributed by atoms with Gasteiger partial charge in [0.15, 0.2) is 5.78 Å². The van der Waals surface area contributed by atoms with Crippen LogP contribution in [-0.2, 0) is 4.74 Å². The van der Waals surface area contributed by atoms with E-state index in [1.165, 1.54) is 0 Å². The Morgan fingerprint density at radius 1 is 1.36 bits per heavy atom. The lowest BCUT2D eigenvalue weighted by atomic mass is 9.75. The number of Topliss-reactive ketones (excluding diaryl/α,β-unsaturated/α-hetero) is 1. The molecule has 0 bridgehead atoms. The zero-order valence-electron chi connectivity index (χ0n) is 16.2. The predicted octanol–water partition coefficient (Wildman–Crippen LogP) is 5.60. The fourth-order valence-corrected chi connectivity index (χ4v) is 4.74. The number of benzene rings is 1. The molecule has 1 saturated heterocycles. The van der Waals surface area contributed by atoms with Gasteiger partial charge in [-0.05, 0) is 64.0 Å². The number of hydrogen-bond donors (Lipinski definition) is 1. The van der Waals surface area contributed by atoms with Gasteiger partial charge in [0.1, 0.15) is 11.9 Å². The summed E-state index contributed by atoms with van der Waals surface area (Å²) in [6.45, 7) is 2.30. The molecule has 152 valence electrons. The summed E-state index contributed by atoms with van der Waals surface area (Å²) < 4.78 is 21.8. The molecule has 1 aromatic carbocycles. The molecule has 1 aromatic heterocycles. The molecule has 0 amide bonds. The van der Waals surface area contributed by atoms with Crippen LogP contribution in [0.25, 0.3) is 10.9 Å². The Bertz CT molecular complexity index is 875. The van der Waals surface area contributed by atoms with Crippen molar-refractivity contribution in [2.24, 2.45) is 0 Å². The highest BCUT2D eigenvalue weighted by Gasteiger charge is 2.39. The number of hydrogen-bond acceptors (Lipinski definition) is 3. The van der Waals surface area contributed by atoms with Crippen molar-refractivity contribution in [3.05, 3.63) is 35.0 Å². The number of aromatic nitrogens is 1. The van der Waals surface area contributed by atoms with Gasteiger partial charge in [-0.1, -0.05) is 17.7 Å². The summed E-state index contributed by atoms with van der Waals surface area (Å²) in [5, 5.41) is 12.1. The maximum Gasteiger partial charge on any atom is 0.165 e. The van der Waals surface area contributed by atoms with Crippen LogP contribution in [0.2, 0.25) is 5.02 Å². The first kappa shape index (κ1) is 19.9. The highest BCUT2D eigenvalue weighted by molar-refractivity contribution is 6.37. The van der Waals surface area contributed by atoms with Crippen LogP contribution in [0.5, 0.6) is 0 Å². The van der Waals surface area contributed by atoms with Crippen molar-refractivity contribution >= 4 is 28.3 Å². The average Bonchev–Trinajstić information content (AvgIpc) is 3.31. The summed E-state index contributed by atoms with van der Waals surface area (Å²) in [6.07, 6.45) is 5.70. The van der Waals surface area contributed by atoms with Crippen molar-refractivity contribution < 1.29 is 19.0 Å². The summed E-state index contributed by atoms with van der Waals surface area (Å²) in [5.41, 5.74) is -0.700. The third kappa shape index (κ3) is 3.85. The molecule has 0 spiro atoms. The van der Waals surface area contributed by atoms with Crippen molar-refractivity contribution in [3.8, 4) is 0 Å². The Balaban J connectivity index is 1.56. The lowest BCUT2D eigenvalue weighted by molar-refractivity contribution is -0.0453. The number of aliphatic hydroxyl groups is 1. The van der Waals surface area contributed by atoms with Crippen molar-refractivity contribution in [1.82, 2.24) is 4.57 Å². The number of nitrogens with zero attached hydrogens (tertiary/aromatic N) is 1. The molecule has 2 aliphatic rings. The molecule has 0 radical (unpaired) electrons. The highest BCUT2D eigenvalue weighted by atomic mass is 35.5. The van der Waals surface area contributed by atoms with Gasteiger partial charge in [0.2, 0.25) is 0 Å². The van der Waals surface area contributed by atoms with Gasteiger partial charge in [-0.15, -0.1) is 0 Å². The second-order valence-electron chi connectivity index (χ2n) is 8.61. The first-order valence-electron chi connectivity index (χ1n) is 10.1. The van der Waals surface area contributed by atoms with Gasteiger partial charge >= 0.3 is 0 Å². The molecule has 2 heterocycles. The number of rotatable bonds is 5. The molecular formula is C22H27ClFNO3. The number of halogens is 2. The quantitative estimate of drug-likeness (QED) is 0.656. The monoisotopic (exact) mass is 407 g/mol. The van der Waals surface area contributed by atoms with E-state index in [0.29, 0.717) is 49.3 Å². The first-order chi connectivity index (χ1) is 13.3. The smallest absolute Gasteiger partial charge is 0.165 e. The number of carbonyl (C=O) groups excluding carboxylic acids is 1. The van der Waals surface area contributed by atoms with Crippen molar-refractivity contribution in [2.45, 2.75) is 75.8 Å². The summed E-state index contributed by atoms with van der Waals surface area (Å²) in [4.78, 5) is 13.1. The summed E-state index contributed by atoms with van der Waals surface area (Å²) in [5.74, 6) is -0.0446. The normalized spacial score (nSPS) is 30.8. The molecular weight excluding hydrogens is 381 g/mol. The van der Waals surface area contributed by atoms with Crippen LogP contribution in [-0.4, -0.2) is 33.3 Å². The molecule has 2 fully saturated rings. The Labute approximate surface area is 169 Å². The molecule has 1 unspecified atom stereocenters. The van der Waals surface area contributed by atoms with E-state index in [4.69, 9.17) is 16.3 Å². The van der Waals surface area contributed by atoms with Gasteiger partial charge in [-0.2, -0.15) is 0 Å². The Morgan fingerprint density at radius 2 is 2.11 bits per heavy atom. The van der Waals surface area contributed by atoms with Crippen LogP contribution in [0.4, 0.5) is 4.39 Å². The number of ketones is 1. The Hall–Kier alpha value is -1.43. The minimum Gasteiger partial charge on any atom is -0.390 e. The molecule has 4 nitrogen and oxygen atoms in total. The van der Waals surface area contributed by atoms with Crippen LogP contribution < -0.4 is 0 Å². The van der Waals surface area contributed by atoms with E-state index in [0.717, 1.165) is 23.7 Å². The third-order valence-electron chi connectivity index (χ3n) is 6.36. The zero-order chi connectivity index (χ0) is 19.9. The SMILES string of the molecule is CC1(F)CCC(O)(CCC(=O)c2cn(C3CCCO3)c3cccc(Cl)c23)CC1. The largest absolute Gasteiger partial charge is 0.390 e. The third-order valence-corrected chi connectivity index (χ3v) is 6.68. The number of alkyl halides is 1. The topological polar surface area (TPSA) is 51.5 Å². The van der Waals surface area contributed by atoms with Crippen LogP contribution in [0, 0.1) is 0 Å². The van der Waals surface area contributed by atoms with E-state index in [-0.39, 0.29) is 18.4 Å². The minimum absolute atomic E-state index is 0.0446. The molecule has 28 heavy (non-hydrogen) atoms. The summed E-state index contributed by atoms with van der Waals surface area (Å²) in [6, 6.07) is 5.62. The second-order valence-corrected chi connectivity index (χ2v) is 9.02. The van der Waals surface area contributed by atoms with Gasteiger partial charge < -0.3 is 14.4 Å². The van der Waals surface area contributed by atoms with Crippen LogP contribution in [0.1, 0.15) is 74.9 Å². The summed E-state index contributed by atoms with van der Waals surface area (Å²) in [7, 11) is 0. The molecule has 2 aromatic rings. The Kier molecular flexibility index (Phi) is 5.27. The lowest BCUT2D eigenvalue weighted by Crippen LogP contribution is -2.39. The lowest BCUT2D eigenvalue weighted by Gasteiger charge is -2.37. The van der Waals surface area contributed by atoms with E-state index in [2.05, 4.69) is 0 Å². The second kappa shape index (κ2) is 7.43. The molecule has 1 aliphatic carbocycles.